The van der Waals surface area contributed by atoms with Crippen LogP contribution >= 0.6 is 11.6 Å². The number of ether oxygens (including phenoxy) is 1. The molecule has 0 aliphatic heterocycles. The lowest BCUT2D eigenvalue weighted by Crippen LogP contribution is -2.25. The molecule has 0 saturated carbocycles. The van der Waals surface area contributed by atoms with Gasteiger partial charge in [0.25, 0.3) is 0 Å². The Hall–Kier alpha value is -1.48. The van der Waals surface area contributed by atoms with Crippen molar-refractivity contribution in [2.24, 2.45) is 5.41 Å². The Bertz CT molecular complexity index is 608. The quantitative estimate of drug-likeness (QED) is 0.790. The van der Waals surface area contributed by atoms with Crippen LogP contribution in [0.1, 0.15) is 26.3 Å². The molecule has 0 bridgehead atoms. The van der Waals surface area contributed by atoms with E-state index in [1.165, 1.54) is 0 Å². The number of aromatic nitrogens is 1. The molecule has 2 aromatic rings. The number of aryl methyl sites for hydroxylation is 1. The molecular weight excluding hydrogens is 250 g/mol. The Kier molecular flexibility index (Phi) is 3.11. The number of carbonyl (C=O) groups excluding carboxylic acids is 1. The minimum Gasteiger partial charge on any atom is -0.424 e. The summed E-state index contributed by atoms with van der Waals surface area (Å²) >= 11 is 6.26. The van der Waals surface area contributed by atoms with Crippen LogP contribution in [0.4, 0.5) is 0 Å². The van der Waals surface area contributed by atoms with E-state index in [-0.39, 0.29) is 5.97 Å². The number of fused-ring (bicyclic) bond motifs is 1. The number of nitrogens with one attached hydrogen (secondary N) is 1. The van der Waals surface area contributed by atoms with E-state index in [0.717, 1.165) is 16.5 Å². The number of H-pyrrole nitrogens is 1. The van der Waals surface area contributed by atoms with Gasteiger partial charge in [-0.25, -0.2) is 0 Å². The summed E-state index contributed by atoms with van der Waals surface area (Å²) in [7, 11) is 0. The average molecular weight is 266 g/mol. The molecule has 1 aromatic heterocycles. The van der Waals surface area contributed by atoms with E-state index in [1.807, 2.05) is 39.8 Å². The summed E-state index contributed by atoms with van der Waals surface area (Å²) in [6.45, 7) is 7.37. The number of esters is 1. The summed E-state index contributed by atoms with van der Waals surface area (Å²) in [5, 5.41) is 1.37. The van der Waals surface area contributed by atoms with Gasteiger partial charge in [0.2, 0.25) is 0 Å². The van der Waals surface area contributed by atoms with Gasteiger partial charge in [-0.05, 0) is 39.3 Å². The molecule has 0 unspecified atom stereocenters. The summed E-state index contributed by atoms with van der Waals surface area (Å²) < 4.78 is 5.41. The number of hydrogen-bond acceptors (Lipinski definition) is 2. The Morgan fingerprint density at radius 3 is 2.61 bits per heavy atom. The van der Waals surface area contributed by atoms with Gasteiger partial charge >= 0.3 is 5.97 Å². The third-order valence-corrected chi connectivity index (χ3v) is 3.24. The van der Waals surface area contributed by atoms with Crippen molar-refractivity contribution in [3.8, 4) is 5.75 Å². The summed E-state index contributed by atoms with van der Waals surface area (Å²) in [5.41, 5.74) is 1.28. The van der Waals surface area contributed by atoms with Crippen LogP contribution in [0.2, 0.25) is 5.02 Å². The first-order valence-corrected chi connectivity index (χ1v) is 6.17. The molecule has 1 heterocycles. The van der Waals surface area contributed by atoms with Crippen LogP contribution in [0.5, 0.6) is 5.75 Å². The standard InChI is InChI=1S/C14H16ClNO2/c1-8-5-6-9-11(12(8)15)10(7-16-9)18-13(17)14(2,3)4/h5-7,16H,1-4H3. The Morgan fingerprint density at radius 1 is 1.33 bits per heavy atom. The first-order chi connectivity index (χ1) is 8.30. The molecular formula is C14H16ClNO2. The van der Waals surface area contributed by atoms with Crippen LogP contribution < -0.4 is 4.74 Å². The molecule has 1 aromatic carbocycles. The number of rotatable bonds is 1. The van der Waals surface area contributed by atoms with Gasteiger partial charge in [0, 0.05) is 6.20 Å². The Labute approximate surface area is 111 Å². The average Bonchev–Trinajstić information content (AvgIpc) is 2.66. The smallest absolute Gasteiger partial charge is 0.316 e. The van der Waals surface area contributed by atoms with E-state index < -0.39 is 5.41 Å². The molecule has 0 aliphatic rings. The Balaban J connectivity index is 2.47. The van der Waals surface area contributed by atoms with Gasteiger partial charge in [0.15, 0.2) is 5.75 Å². The molecule has 0 amide bonds. The van der Waals surface area contributed by atoms with Crippen LogP contribution in [-0.4, -0.2) is 11.0 Å². The fraction of sp³-hybridized carbons (Fsp3) is 0.357. The van der Waals surface area contributed by atoms with Crippen molar-refractivity contribution in [2.45, 2.75) is 27.7 Å². The zero-order chi connectivity index (χ0) is 13.5. The molecule has 0 fully saturated rings. The summed E-state index contributed by atoms with van der Waals surface area (Å²) in [6, 6.07) is 3.85. The van der Waals surface area contributed by atoms with E-state index in [1.54, 1.807) is 6.20 Å². The molecule has 2 rings (SSSR count). The van der Waals surface area contributed by atoms with Crippen LogP contribution in [0, 0.1) is 12.3 Å². The number of benzene rings is 1. The van der Waals surface area contributed by atoms with Crippen LogP contribution in [-0.2, 0) is 4.79 Å². The van der Waals surface area contributed by atoms with Crippen molar-refractivity contribution in [1.29, 1.82) is 0 Å². The number of halogens is 1. The second-order valence-corrected chi connectivity index (χ2v) is 5.79. The fourth-order valence-corrected chi connectivity index (χ4v) is 1.85. The van der Waals surface area contributed by atoms with Gasteiger partial charge in [-0.2, -0.15) is 0 Å². The van der Waals surface area contributed by atoms with E-state index in [9.17, 15) is 4.79 Å². The predicted molar refractivity (Wildman–Crippen MR) is 73.1 cm³/mol. The first-order valence-electron chi connectivity index (χ1n) is 5.79. The van der Waals surface area contributed by atoms with Crippen molar-refractivity contribution in [3.63, 3.8) is 0 Å². The second-order valence-electron chi connectivity index (χ2n) is 5.41. The molecule has 0 spiro atoms. The highest BCUT2D eigenvalue weighted by molar-refractivity contribution is 6.36. The Morgan fingerprint density at radius 2 is 2.00 bits per heavy atom. The van der Waals surface area contributed by atoms with Gasteiger partial charge in [-0.15, -0.1) is 0 Å². The van der Waals surface area contributed by atoms with E-state index in [4.69, 9.17) is 16.3 Å². The lowest BCUT2D eigenvalue weighted by molar-refractivity contribution is -0.142. The maximum absolute atomic E-state index is 11.9. The largest absolute Gasteiger partial charge is 0.424 e. The summed E-state index contributed by atoms with van der Waals surface area (Å²) in [6.07, 6.45) is 1.67. The fourth-order valence-electron chi connectivity index (χ4n) is 1.59. The molecule has 4 heteroatoms. The van der Waals surface area contributed by atoms with Crippen molar-refractivity contribution in [1.82, 2.24) is 4.98 Å². The lowest BCUT2D eigenvalue weighted by Gasteiger charge is -2.16. The maximum atomic E-state index is 11.9. The van der Waals surface area contributed by atoms with Crippen molar-refractivity contribution < 1.29 is 9.53 Å². The summed E-state index contributed by atoms with van der Waals surface area (Å²) in [5.74, 6) is 0.208. The number of hydrogen-bond donors (Lipinski definition) is 1. The monoisotopic (exact) mass is 265 g/mol. The molecule has 1 N–H and O–H groups in total. The molecule has 0 saturated heterocycles. The molecule has 3 nitrogen and oxygen atoms in total. The van der Waals surface area contributed by atoms with Gasteiger partial charge in [0.1, 0.15) is 0 Å². The minimum atomic E-state index is -0.542. The molecule has 96 valence electrons. The van der Waals surface area contributed by atoms with Crippen LogP contribution in [0.15, 0.2) is 18.3 Å². The number of carbonyl (C=O) groups is 1. The predicted octanol–water partition coefficient (Wildman–Crippen LogP) is 4.08. The molecule has 0 atom stereocenters. The van der Waals surface area contributed by atoms with Gasteiger partial charge < -0.3 is 9.72 Å². The maximum Gasteiger partial charge on any atom is 0.316 e. The highest BCUT2D eigenvalue weighted by Crippen LogP contribution is 2.35. The van der Waals surface area contributed by atoms with E-state index >= 15 is 0 Å². The van der Waals surface area contributed by atoms with Gasteiger partial charge in [0.05, 0.1) is 21.3 Å². The zero-order valence-corrected chi connectivity index (χ0v) is 11.7. The molecule has 0 aliphatic carbocycles. The topological polar surface area (TPSA) is 42.1 Å². The van der Waals surface area contributed by atoms with Crippen LogP contribution in [0.25, 0.3) is 10.9 Å². The van der Waals surface area contributed by atoms with Crippen molar-refractivity contribution in [3.05, 3.63) is 28.9 Å². The van der Waals surface area contributed by atoms with Crippen molar-refractivity contribution in [2.75, 3.05) is 0 Å². The highest BCUT2D eigenvalue weighted by atomic mass is 35.5. The minimum absolute atomic E-state index is 0.277. The van der Waals surface area contributed by atoms with Crippen molar-refractivity contribution >= 4 is 28.5 Å². The lowest BCUT2D eigenvalue weighted by atomic mass is 9.97. The third-order valence-electron chi connectivity index (χ3n) is 2.76. The van der Waals surface area contributed by atoms with Crippen LogP contribution in [0.3, 0.4) is 0 Å². The number of aromatic amines is 1. The van der Waals surface area contributed by atoms with E-state index in [0.29, 0.717) is 10.8 Å². The highest BCUT2D eigenvalue weighted by Gasteiger charge is 2.25. The third kappa shape index (κ3) is 2.23. The summed E-state index contributed by atoms with van der Waals surface area (Å²) in [4.78, 5) is 14.9. The first kappa shape index (κ1) is 13.0. The van der Waals surface area contributed by atoms with Gasteiger partial charge in [-0.3, -0.25) is 4.79 Å². The molecule has 0 radical (unpaired) electrons. The molecule has 18 heavy (non-hydrogen) atoms. The normalized spacial score (nSPS) is 11.8. The SMILES string of the molecule is Cc1ccc2[nH]cc(OC(=O)C(C)(C)C)c2c1Cl. The van der Waals surface area contributed by atoms with Gasteiger partial charge in [-0.1, -0.05) is 17.7 Å². The van der Waals surface area contributed by atoms with E-state index in [2.05, 4.69) is 4.98 Å². The second kappa shape index (κ2) is 4.32. The zero-order valence-electron chi connectivity index (χ0n) is 10.9.